The zero-order chi connectivity index (χ0) is 31.8. The number of rotatable bonds is 9. The predicted octanol–water partition coefficient (Wildman–Crippen LogP) is 6.43. The molecule has 1 atom stereocenters. The third-order valence-corrected chi connectivity index (χ3v) is 9.87. The molecule has 1 heterocycles. The number of carboxylic acids is 1. The Morgan fingerprint density at radius 1 is 1.14 bits per heavy atom. The highest BCUT2D eigenvalue weighted by Gasteiger charge is 2.45. The lowest BCUT2D eigenvalue weighted by Crippen LogP contribution is -2.41. The maximum absolute atomic E-state index is 14.4. The van der Waals surface area contributed by atoms with Gasteiger partial charge in [-0.15, -0.1) is 0 Å². The summed E-state index contributed by atoms with van der Waals surface area (Å²) in [7, 11) is -1.53. The number of carboxylic acid groups (broad SMARTS) is 1. The van der Waals surface area contributed by atoms with Crippen molar-refractivity contribution in [1.29, 1.82) is 0 Å². The highest BCUT2D eigenvalue weighted by molar-refractivity contribution is 7.86. The summed E-state index contributed by atoms with van der Waals surface area (Å²) in [5.74, 6) is -4.06. The molecule has 0 spiro atoms. The molecule has 232 valence electrons. The van der Waals surface area contributed by atoms with Gasteiger partial charge in [-0.25, -0.2) is 4.39 Å². The van der Waals surface area contributed by atoms with Crippen LogP contribution >= 0.6 is 23.2 Å². The number of aliphatic carboxylic acids is 1. The summed E-state index contributed by atoms with van der Waals surface area (Å²) in [6.45, 7) is 5.45. The second-order valence-electron chi connectivity index (χ2n) is 11.5. The SMILES string of the molecule is CC1(C(=O)O)CCC(n2ncc(C(=O)N(CCS(=O)C(C)(C)C)CC(=O)c3c(Cl)cc(F)cc3Cl)c2C(F)(F)F)CC1. The van der Waals surface area contributed by atoms with E-state index in [1.54, 1.807) is 20.8 Å². The highest BCUT2D eigenvalue weighted by atomic mass is 35.5. The summed E-state index contributed by atoms with van der Waals surface area (Å²) < 4.78 is 69.7. The zero-order valence-electron chi connectivity index (χ0n) is 23.4. The minimum absolute atomic E-state index is 0.0928. The Bertz CT molecular complexity index is 1380. The van der Waals surface area contributed by atoms with Crippen molar-refractivity contribution < 1.29 is 41.3 Å². The third kappa shape index (κ3) is 7.52. The maximum atomic E-state index is 14.4. The minimum Gasteiger partial charge on any atom is -0.481 e. The summed E-state index contributed by atoms with van der Waals surface area (Å²) in [5.41, 5.74) is -3.54. The lowest BCUT2D eigenvalue weighted by Gasteiger charge is -2.34. The van der Waals surface area contributed by atoms with Crippen LogP contribution in [0.2, 0.25) is 10.0 Å². The number of carbonyl (C=O) groups excluding carboxylic acids is 2. The lowest BCUT2D eigenvalue weighted by molar-refractivity contribution is -0.152. The molecule has 0 bridgehead atoms. The van der Waals surface area contributed by atoms with E-state index in [2.05, 4.69) is 5.10 Å². The van der Waals surface area contributed by atoms with Gasteiger partial charge in [-0.05, 0) is 65.5 Å². The number of benzene rings is 1. The molecule has 1 N–H and O–H groups in total. The monoisotopic (exact) mass is 655 g/mol. The van der Waals surface area contributed by atoms with Crippen molar-refractivity contribution in [2.75, 3.05) is 18.8 Å². The van der Waals surface area contributed by atoms with Crippen molar-refractivity contribution in [3.63, 3.8) is 0 Å². The van der Waals surface area contributed by atoms with Crippen LogP contribution in [0, 0.1) is 11.2 Å². The molecule has 42 heavy (non-hydrogen) atoms. The Morgan fingerprint density at radius 2 is 1.69 bits per heavy atom. The molecule has 1 aromatic heterocycles. The fourth-order valence-electron chi connectivity index (χ4n) is 4.76. The molecular weight excluding hydrogens is 625 g/mol. The Hall–Kier alpha value is -2.51. The minimum atomic E-state index is -5.03. The molecule has 15 heteroatoms. The first-order chi connectivity index (χ1) is 19.3. The van der Waals surface area contributed by atoms with Crippen LogP contribution in [-0.4, -0.2) is 65.2 Å². The maximum Gasteiger partial charge on any atom is 0.433 e. The number of hydrogen-bond donors (Lipinski definition) is 1. The smallest absolute Gasteiger partial charge is 0.433 e. The first-order valence-electron chi connectivity index (χ1n) is 13.0. The topological polar surface area (TPSA) is 110 Å². The van der Waals surface area contributed by atoms with Crippen LogP contribution in [0.3, 0.4) is 0 Å². The van der Waals surface area contributed by atoms with Gasteiger partial charge in [0.15, 0.2) is 11.5 Å². The van der Waals surface area contributed by atoms with Crippen molar-refractivity contribution in [2.45, 2.75) is 70.3 Å². The van der Waals surface area contributed by atoms with Crippen LogP contribution in [0.1, 0.15) is 85.8 Å². The molecule has 1 aromatic carbocycles. The van der Waals surface area contributed by atoms with Crippen LogP contribution in [0.5, 0.6) is 0 Å². The predicted molar refractivity (Wildman–Crippen MR) is 150 cm³/mol. The van der Waals surface area contributed by atoms with E-state index in [1.165, 1.54) is 6.92 Å². The standard InChI is InChI=1S/C27H31Cl2F4N3O5S/c1-25(2,3)42(41)10-9-35(14-20(37)21-18(28)11-15(30)12-19(21)29)23(38)17-13-34-36(22(17)27(31,32)33)16-5-7-26(4,8-6-16)24(39)40/h11-13,16H,5-10,14H2,1-4H3,(H,39,40). The second kappa shape index (κ2) is 12.6. The van der Waals surface area contributed by atoms with E-state index in [0.717, 1.165) is 23.2 Å². The fourth-order valence-corrected chi connectivity index (χ4v) is 6.43. The van der Waals surface area contributed by atoms with Gasteiger partial charge in [0.05, 0.1) is 45.4 Å². The molecule has 0 radical (unpaired) electrons. The number of Topliss-reactive ketones (excluding diaryl/α,β-unsaturated/α-hetero) is 1. The van der Waals surface area contributed by atoms with Crippen LogP contribution < -0.4 is 0 Å². The van der Waals surface area contributed by atoms with Gasteiger partial charge in [0.25, 0.3) is 5.91 Å². The van der Waals surface area contributed by atoms with Crippen LogP contribution in [0.25, 0.3) is 0 Å². The number of amides is 1. The number of halogens is 6. The molecule has 3 rings (SSSR count). The zero-order valence-corrected chi connectivity index (χ0v) is 25.7. The van der Waals surface area contributed by atoms with Crippen LogP contribution in [0.4, 0.5) is 17.6 Å². The normalized spacial score (nSPS) is 20.3. The van der Waals surface area contributed by atoms with Gasteiger partial charge in [0, 0.05) is 27.8 Å². The van der Waals surface area contributed by atoms with Crippen LogP contribution in [-0.2, 0) is 21.8 Å². The van der Waals surface area contributed by atoms with Crippen molar-refractivity contribution in [1.82, 2.24) is 14.7 Å². The van der Waals surface area contributed by atoms with Gasteiger partial charge >= 0.3 is 12.1 Å². The molecule has 0 aliphatic heterocycles. The van der Waals surface area contributed by atoms with Crippen LogP contribution in [0.15, 0.2) is 18.3 Å². The number of nitrogens with zero attached hydrogens (tertiary/aromatic N) is 3. The molecule has 1 amide bonds. The Morgan fingerprint density at radius 3 is 2.17 bits per heavy atom. The first-order valence-corrected chi connectivity index (χ1v) is 15.1. The molecule has 0 saturated heterocycles. The largest absolute Gasteiger partial charge is 0.481 e. The quantitative estimate of drug-likeness (QED) is 0.246. The molecule has 1 saturated carbocycles. The van der Waals surface area contributed by atoms with E-state index in [4.69, 9.17) is 23.2 Å². The molecule has 1 aliphatic rings. The average Bonchev–Trinajstić information content (AvgIpc) is 3.31. The van der Waals surface area contributed by atoms with E-state index >= 15 is 0 Å². The molecule has 1 aliphatic carbocycles. The van der Waals surface area contributed by atoms with Gasteiger partial charge in [0.1, 0.15) is 5.82 Å². The van der Waals surface area contributed by atoms with Gasteiger partial charge in [-0.1, -0.05) is 23.2 Å². The van der Waals surface area contributed by atoms with Gasteiger partial charge in [-0.3, -0.25) is 23.3 Å². The Kier molecular flexibility index (Phi) is 10.2. The summed E-state index contributed by atoms with van der Waals surface area (Å²) in [6, 6.07) is 0.871. The Balaban J connectivity index is 2.00. The van der Waals surface area contributed by atoms with Gasteiger partial charge in [0.2, 0.25) is 0 Å². The molecular formula is C27H31Cl2F4N3O5S. The first kappa shape index (κ1) is 34.0. The van der Waals surface area contributed by atoms with Crippen molar-refractivity contribution in [3.05, 3.63) is 51.0 Å². The molecule has 8 nitrogen and oxygen atoms in total. The molecule has 1 unspecified atom stereocenters. The number of aromatic nitrogens is 2. The number of ketones is 1. The van der Waals surface area contributed by atoms with E-state index in [1.807, 2.05) is 0 Å². The fraction of sp³-hybridized carbons (Fsp3) is 0.556. The molecule has 1 fully saturated rings. The number of alkyl halides is 3. The van der Waals surface area contributed by atoms with Crippen molar-refractivity contribution in [3.8, 4) is 0 Å². The van der Waals surface area contributed by atoms with Gasteiger partial charge in [-0.2, -0.15) is 18.3 Å². The summed E-state index contributed by atoms with van der Waals surface area (Å²) in [4.78, 5) is 39.3. The summed E-state index contributed by atoms with van der Waals surface area (Å²) >= 11 is 12.0. The highest BCUT2D eigenvalue weighted by Crippen LogP contribution is 2.43. The van der Waals surface area contributed by atoms with E-state index in [-0.39, 0.29) is 53.6 Å². The summed E-state index contributed by atoms with van der Waals surface area (Å²) in [6.07, 6.45) is -3.84. The second-order valence-corrected chi connectivity index (χ2v) is 14.6. The average molecular weight is 657 g/mol. The number of hydrogen-bond acceptors (Lipinski definition) is 5. The number of carbonyl (C=O) groups is 3. The van der Waals surface area contributed by atoms with E-state index in [9.17, 15) is 41.3 Å². The van der Waals surface area contributed by atoms with Gasteiger partial charge < -0.3 is 10.0 Å². The van der Waals surface area contributed by atoms with E-state index in [0.29, 0.717) is 4.68 Å². The van der Waals surface area contributed by atoms with Crippen molar-refractivity contribution >= 4 is 51.7 Å². The van der Waals surface area contributed by atoms with E-state index < -0.39 is 74.5 Å². The molecule has 2 aromatic rings. The van der Waals surface area contributed by atoms with Crippen molar-refractivity contribution in [2.24, 2.45) is 5.41 Å². The third-order valence-electron chi connectivity index (χ3n) is 7.35. The summed E-state index contributed by atoms with van der Waals surface area (Å²) in [5, 5.41) is 12.7. The lowest BCUT2D eigenvalue weighted by atomic mass is 9.74. The Labute approximate surface area is 252 Å².